The third-order valence-corrected chi connectivity index (χ3v) is 4.67. The van der Waals surface area contributed by atoms with Gasteiger partial charge in [0.2, 0.25) is 0 Å². The SMILES string of the molecule is CCCCCNC(=O)c1cncc(C(=O)N2CCCc3ccccc32)c1. The third kappa shape index (κ3) is 4.10. The van der Waals surface area contributed by atoms with Crippen molar-refractivity contribution in [2.75, 3.05) is 18.0 Å². The topological polar surface area (TPSA) is 62.3 Å². The highest BCUT2D eigenvalue weighted by molar-refractivity contribution is 6.08. The molecule has 2 heterocycles. The number of amides is 2. The quantitative estimate of drug-likeness (QED) is 0.809. The zero-order chi connectivity index (χ0) is 18.4. The molecule has 26 heavy (non-hydrogen) atoms. The number of aromatic nitrogens is 1. The van der Waals surface area contributed by atoms with Crippen LogP contribution in [0.1, 0.15) is 58.9 Å². The summed E-state index contributed by atoms with van der Waals surface area (Å²) in [4.78, 5) is 31.2. The average Bonchev–Trinajstić information content (AvgIpc) is 2.70. The maximum Gasteiger partial charge on any atom is 0.259 e. The predicted molar refractivity (Wildman–Crippen MR) is 103 cm³/mol. The third-order valence-electron chi connectivity index (χ3n) is 4.67. The molecule has 1 N–H and O–H groups in total. The summed E-state index contributed by atoms with van der Waals surface area (Å²) in [5, 5.41) is 2.89. The summed E-state index contributed by atoms with van der Waals surface area (Å²) in [5.74, 6) is -0.285. The van der Waals surface area contributed by atoms with Crippen LogP contribution in [0, 0.1) is 0 Å². The van der Waals surface area contributed by atoms with Crippen molar-refractivity contribution in [1.29, 1.82) is 0 Å². The number of para-hydroxylation sites is 1. The smallest absolute Gasteiger partial charge is 0.259 e. The van der Waals surface area contributed by atoms with Crippen LogP contribution in [0.2, 0.25) is 0 Å². The summed E-state index contributed by atoms with van der Waals surface area (Å²) in [7, 11) is 0. The van der Waals surface area contributed by atoms with Gasteiger partial charge >= 0.3 is 0 Å². The minimum Gasteiger partial charge on any atom is -0.352 e. The van der Waals surface area contributed by atoms with E-state index in [4.69, 9.17) is 0 Å². The van der Waals surface area contributed by atoms with Crippen LogP contribution in [0.25, 0.3) is 0 Å². The Balaban J connectivity index is 1.74. The highest BCUT2D eigenvalue weighted by Crippen LogP contribution is 2.28. The number of fused-ring (bicyclic) bond motifs is 1. The van der Waals surface area contributed by atoms with E-state index in [1.54, 1.807) is 11.0 Å². The van der Waals surface area contributed by atoms with Gasteiger partial charge in [0.15, 0.2) is 0 Å². The molecule has 2 aromatic rings. The lowest BCUT2D eigenvalue weighted by Gasteiger charge is -2.29. The molecule has 0 atom stereocenters. The number of carbonyl (C=O) groups is 2. The fourth-order valence-corrected chi connectivity index (χ4v) is 3.26. The fourth-order valence-electron chi connectivity index (χ4n) is 3.26. The zero-order valence-electron chi connectivity index (χ0n) is 15.2. The lowest BCUT2D eigenvalue weighted by Crippen LogP contribution is -2.35. The molecule has 136 valence electrons. The summed E-state index contributed by atoms with van der Waals surface area (Å²) < 4.78 is 0. The molecule has 1 aliphatic rings. The van der Waals surface area contributed by atoms with Crippen molar-refractivity contribution >= 4 is 17.5 Å². The van der Waals surface area contributed by atoms with Gasteiger partial charge in [-0.1, -0.05) is 38.0 Å². The van der Waals surface area contributed by atoms with Crippen LogP contribution < -0.4 is 10.2 Å². The summed E-state index contributed by atoms with van der Waals surface area (Å²) in [6.07, 6.45) is 8.12. The number of carbonyl (C=O) groups excluding carboxylic acids is 2. The number of aryl methyl sites for hydroxylation is 1. The van der Waals surface area contributed by atoms with Crippen LogP contribution in [0.4, 0.5) is 5.69 Å². The van der Waals surface area contributed by atoms with E-state index >= 15 is 0 Å². The van der Waals surface area contributed by atoms with Crippen LogP contribution in [-0.2, 0) is 6.42 Å². The Morgan fingerprint density at radius 3 is 2.81 bits per heavy atom. The molecule has 1 aromatic heterocycles. The van der Waals surface area contributed by atoms with Crippen molar-refractivity contribution < 1.29 is 9.59 Å². The Kier molecular flexibility index (Phi) is 6.00. The van der Waals surface area contributed by atoms with Gasteiger partial charge in [-0.3, -0.25) is 14.6 Å². The first-order chi connectivity index (χ1) is 12.7. The number of nitrogens with one attached hydrogen (secondary N) is 1. The average molecular weight is 351 g/mol. The molecule has 5 heteroatoms. The summed E-state index contributed by atoms with van der Waals surface area (Å²) in [6.45, 7) is 3.45. The Hall–Kier alpha value is -2.69. The summed E-state index contributed by atoms with van der Waals surface area (Å²) >= 11 is 0. The highest BCUT2D eigenvalue weighted by Gasteiger charge is 2.24. The highest BCUT2D eigenvalue weighted by atomic mass is 16.2. The Labute approximate surface area is 154 Å². The fraction of sp³-hybridized carbons (Fsp3) is 0.381. The normalized spacial score (nSPS) is 13.2. The van der Waals surface area contributed by atoms with E-state index in [9.17, 15) is 9.59 Å². The Bertz CT molecular complexity index is 788. The molecular formula is C21H25N3O2. The zero-order valence-corrected chi connectivity index (χ0v) is 15.2. The molecule has 0 unspecified atom stereocenters. The van der Waals surface area contributed by atoms with Crippen LogP contribution in [0.15, 0.2) is 42.7 Å². The first kappa shape index (κ1) is 18.1. The van der Waals surface area contributed by atoms with Gasteiger partial charge < -0.3 is 10.2 Å². The van der Waals surface area contributed by atoms with Crippen molar-refractivity contribution in [2.24, 2.45) is 0 Å². The van der Waals surface area contributed by atoms with Crippen LogP contribution in [0.5, 0.6) is 0 Å². The molecule has 0 fully saturated rings. The summed E-state index contributed by atoms with van der Waals surface area (Å²) in [5.41, 5.74) is 3.02. The second kappa shape index (κ2) is 8.61. The first-order valence-electron chi connectivity index (χ1n) is 9.33. The molecule has 2 amide bonds. The van der Waals surface area contributed by atoms with Gasteiger partial charge in [-0.25, -0.2) is 0 Å². The number of rotatable bonds is 6. The van der Waals surface area contributed by atoms with E-state index in [-0.39, 0.29) is 11.8 Å². The van der Waals surface area contributed by atoms with E-state index in [0.717, 1.165) is 37.8 Å². The Morgan fingerprint density at radius 2 is 1.96 bits per heavy atom. The van der Waals surface area contributed by atoms with Gasteiger partial charge in [0, 0.05) is 31.2 Å². The van der Waals surface area contributed by atoms with E-state index in [0.29, 0.717) is 24.2 Å². The van der Waals surface area contributed by atoms with E-state index < -0.39 is 0 Å². The number of unbranched alkanes of at least 4 members (excludes halogenated alkanes) is 2. The molecule has 1 aliphatic heterocycles. The van der Waals surface area contributed by atoms with Crippen molar-refractivity contribution in [3.8, 4) is 0 Å². The minimum atomic E-state index is -0.178. The first-order valence-corrected chi connectivity index (χ1v) is 9.33. The second-order valence-electron chi connectivity index (χ2n) is 6.61. The molecule has 0 saturated heterocycles. The van der Waals surface area contributed by atoms with Gasteiger partial charge in [-0.15, -0.1) is 0 Å². The maximum absolute atomic E-state index is 13.0. The van der Waals surface area contributed by atoms with E-state index in [1.807, 2.05) is 18.2 Å². The predicted octanol–water partition coefficient (Wildman–Crippen LogP) is 3.59. The van der Waals surface area contributed by atoms with Crippen molar-refractivity contribution in [2.45, 2.75) is 39.0 Å². The maximum atomic E-state index is 13.0. The van der Waals surface area contributed by atoms with Crippen molar-refractivity contribution in [3.63, 3.8) is 0 Å². The van der Waals surface area contributed by atoms with Gasteiger partial charge in [-0.2, -0.15) is 0 Å². The van der Waals surface area contributed by atoms with Crippen LogP contribution in [0.3, 0.4) is 0 Å². The molecule has 0 aliphatic carbocycles. The lowest BCUT2D eigenvalue weighted by atomic mass is 10.0. The van der Waals surface area contributed by atoms with Crippen LogP contribution >= 0.6 is 0 Å². The van der Waals surface area contributed by atoms with Gasteiger partial charge in [0.05, 0.1) is 11.1 Å². The summed E-state index contributed by atoms with van der Waals surface area (Å²) in [6, 6.07) is 9.62. The van der Waals surface area contributed by atoms with Crippen molar-refractivity contribution in [3.05, 3.63) is 59.4 Å². The van der Waals surface area contributed by atoms with E-state index in [1.165, 1.54) is 18.0 Å². The molecule has 5 nitrogen and oxygen atoms in total. The molecule has 0 spiro atoms. The Morgan fingerprint density at radius 1 is 1.15 bits per heavy atom. The molecular weight excluding hydrogens is 326 g/mol. The van der Waals surface area contributed by atoms with Crippen molar-refractivity contribution in [1.82, 2.24) is 10.3 Å². The number of nitrogens with zero attached hydrogens (tertiary/aromatic N) is 2. The standard InChI is InChI=1S/C21H25N3O2/c1-2-3-6-11-23-20(25)17-13-18(15-22-14-17)21(26)24-12-7-9-16-8-4-5-10-19(16)24/h4-5,8,10,13-15H,2-3,6-7,9,11-12H2,1H3,(H,23,25). The monoisotopic (exact) mass is 351 g/mol. The molecule has 0 bridgehead atoms. The van der Waals surface area contributed by atoms with E-state index in [2.05, 4.69) is 23.3 Å². The molecule has 3 rings (SSSR count). The molecule has 0 radical (unpaired) electrons. The molecule has 0 saturated carbocycles. The second-order valence-corrected chi connectivity index (χ2v) is 6.61. The largest absolute Gasteiger partial charge is 0.352 e. The number of benzene rings is 1. The molecule has 1 aromatic carbocycles. The number of hydrogen-bond acceptors (Lipinski definition) is 3. The minimum absolute atomic E-state index is 0.106. The van der Waals surface area contributed by atoms with Crippen LogP contribution in [-0.4, -0.2) is 29.9 Å². The number of pyridine rings is 1. The number of hydrogen-bond donors (Lipinski definition) is 1. The lowest BCUT2D eigenvalue weighted by molar-refractivity contribution is 0.0952. The van der Waals surface area contributed by atoms with Gasteiger partial charge in [0.25, 0.3) is 11.8 Å². The van der Waals surface area contributed by atoms with Gasteiger partial charge in [-0.05, 0) is 37.0 Å². The number of anilines is 1. The van der Waals surface area contributed by atoms with Gasteiger partial charge in [0.1, 0.15) is 0 Å².